The van der Waals surface area contributed by atoms with Crippen LogP contribution in [-0.2, 0) is 6.54 Å². The lowest BCUT2D eigenvalue weighted by molar-refractivity contribution is 0.0690. The highest BCUT2D eigenvalue weighted by atomic mass is 16.4. The van der Waals surface area contributed by atoms with Crippen molar-refractivity contribution in [2.24, 2.45) is 0 Å². The van der Waals surface area contributed by atoms with Crippen LogP contribution in [0.2, 0.25) is 0 Å². The Kier molecular flexibility index (Phi) is 5.10. The van der Waals surface area contributed by atoms with E-state index in [4.69, 9.17) is 5.11 Å². The second-order valence-electron chi connectivity index (χ2n) is 5.29. The van der Waals surface area contributed by atoms with E-state index in [1.165, 1.54) is 12.3 Å². The average molecular weight is 292 g/mol. The number of hydrogen-bond donors (Lipinski definition) is 3. The highest BCUT2D eigenvalue weighted by Gasteiger charge is 2.18. The number of likely N-dealkylation sites (tertiary alicyclic amines) is 1. The fourth-order valence-electron chi connectivity index (χ4n) is 2.36. The van der Waals surface area contributed by atoms with E-state index in [0.717, 1.165) is 31.5 Å². The third-order valence-corrected chi connectivity index (χ3v) is 3.46. The van der Waals surface area contributed by atoms with Crippen molar-refractivity contribution in [2.75, 3.05) is 20.1 Å². The van der Waals surface area contributed by atoms with Crippen LogP contribution >= 0.6 is 0 Å². The summed E-state index contributed by atoms with van der Waals surface area (Å²) in [6.45, 7) is 2.25. The number of amides is 2. The maximum atomic E-state index is 11.8. The average Bonchev–Trinajstić information content (AvgIpc) is 2.45. The zero-order valence-electron chi connectivity index (χ0n) is 12.0. The minimum absolute atomic E-state index is 0.00607. The molecule has 3 N–H and O–H groups in total. The molecule has 7 nitrogen and oxygen atoms in total. The zero-order chi connectivity index (χ0) is 15.2. The van der Waals surface area contributed by atoms with Gasteiger partial charge < -0.3 is 20.6 Å². The minimum atomic E-state index is -1.06. The van der Waals surface area contributed by atoms with Gasteiger partial charge in [-0.15, -0.1) is 0 Å². The molecule has 0 bridgehead atoms. The number of likely N-dealkylation sites (N-methyl/N-ethyl adjacent to an activating group) is 1. The number of urea groups is 1. The van der Waals surface area contributed by atoms with Gasteiger partial charge in [0.15, 0.2) is 0 Å². The van der Waals surface area contributed by atoms with Crippen LogP contribution in [0.1, 0.15) is 28.9 Å². The highest BCUT2D eigenvalue weighted by Crippen LogP contribution is 2.07. The van der Waals surface area contributed by atoms with Gasteiger partial charge in [-0.25, -0.2) is 14.6 Å². The molecular formula is C14H20N4O3. The van der Waals surface area contributed by atoms with E-state index >= 15 is 0 Å². The molecule has 1 atom stereocenters. The van der Waals surface area contributed by atoms with Crippen LogP contribution in [0, 0.1) is 0 Å². The number of hydrogen-bond acceptors (Lipinski definition) is 4. The topological polar surface area (TPSA) is 94.6 Å². The van der Waals surface area contributed by atoms with Crippen LogP contribution in [-0.4, -0.2) is 53.2 Å². The van der Waals surface area contributed by atoms with Gasteiger partial charge in [-0.2, -0.15) is 0 Å². The molecule has 2 amide bonds. The van der Waals surface area contributed by atoms with Gasteiger partial charge in [0.1, 0.15) is 5.69 Å². The first kappa shape index (κ1) is 15.2. The molecule has 114 valence electrons. The molecule has 1 unspecified atom stereocenters. The van der Waals surface area contributed by atoms with Crippen LogP contribution in [0.5, 0.6) is 0 Å². The number of nitrogens with one attached hydrogen (secondary N) is 2. The second-order valence-corrected chi connectivity index (χ2v) is 5.29. The van der Waals surface area contributed by atoms with Crippen molar-refractivity contribution in [3.63, 3.8) is 0 Å². The van der Waals surface area contributed by atoms with Crippen LogP contribution in [0.25, 0.3) is 0 Å². The molecule has 1 aliphatic rings. The zero-order valence-corrected chi connectivity index (χ0v) is 12.0. The summed E-state index contributed by atoms with van der Waals surface area (Å²) in [4.78, 5) is 28.5. The van der Waals surface area contributed by atoms with Crippen LogP contribution in [0.15, 0.2) is 18.3 Å². The first-order valence-corrected chi connectivity index (χ1v) is 6.95. The number of pyridine rings is 1. The number of rotatable bonds is 4. The van der Waals surface area contributed by atoms with Crippen molar-refractivity contribution in [1.82, 2.24) is 20.5 Å². The third kappa shape index (κ3) is 4.71. The van der Waals surface area contributed by atoms with E-state index in [0.29, 0.717) is 6.54 Å². The molecule has 0 aliphatic carbocycles. The number of carbonyl (C=O) groups is 2. The lowest BCUT2D eigenvalue weighted by Gasteiger charge is -2.30. The lowest BCUT2D eigenvalue weighted by atomic mass is 10.1. The number of carboxylic acid groups (broad SMARTS) is 1. The van der Waals surface area contributed by atoms with Gasteiger partial charge in [0.2, 0.25) is 0 Å². The number of aromatic carboxylic acids is 1. The number of carboxylic acids is 1. The first-order valence-electron chi connectivity index (χ1n) is 6.95. The van der Waals surface area contributed by atoms with E-state index in [-0.39, 0.29) is 17.8 Å². The summed E-state index contributed by atoms with van der Waals surface area (Å²) in [7, 11) is 2.04. The van der Waals surface area contributed by atoms with Crippen molar-refractivity contribution in [3.05, 3.63) is 29.6 Å². The molecule has 2 rings (SSSR count). The molecule has 0 radical (unpaired) electrons. The molecule has 1 fully saturated rings. The molecule has 21 heavy (non-hydrogen) atoms. The molecule has 0 spiro atoms. The predicted octanol–water partition coefficient (Wildman–Crippen LogP) is 0.673. The summed E-state index contributed by atoms with van der Waals surface area (Å²) in [5.41, 5.74) is 0.754. The lowest BCUT2D eigenvalue weighted by Crippen LogP contribution is -2.49. The quantitative estimate of drug-likeness (QED) is 0.758. The van der Waals surface area contributed by atoms with E-state index in [1.54, 1.807) is 6.07 Å². The third-order valence-electron chi connectivity index (χ3n) is 3.46. The summed E-state index contributed by atoms with van der Waals surface area (Å²) in [6.07, 6.45) is 3.53. The maximum absolute atomic E-state index is 11.8. The Balaban J connectivity index is 1.76. The summed E-state index contributed by atoms with van der Waals surface area (Å²) in [5, 5.41) is 14.4. The van der Waals surface area contributed by atoms with E-state index < -0.39 is 5.97 Å². The van der Waals surface area contributed by atoms with Crippen LogP contribution in [0.3, 0.4) is 0 Å². The Labute approximate surface area is 123 Å². The van der Waals surface area contributed by atoms with Crippen LogP contribution in [0.4, 0.5) is 4.79 Å². The predicted molar refractivity (Wildman–Crippen MR) is 77.1 cm³/mol. The van der Waals surface area contributed by atoms with Gasteiger partial charge >= 0.3 is 12.0 Å². The Hall–Kier alpha value is -2.15. The number of aromatic nitrogens is 1. The second kappa shape index (κ2) is 7.03. The largest absolute Gasteiger partial charge is 0.477 e. The summed E-state index contributed by atoms with van der Waals surface area (Å²) < 4.78 is 0. The molecule has 1 aromatic heterocycles. The highest BCUT2D eigenvalue weighted by molar-refractivity contribution is 5.85. The Morgan fingerprint density at radius 2 is 2.29 bits per heavy atom. The minimum Gasteiger partial charge on any atom is -0.477 e. The summed E-state index contributed by atoms with van der Waals surface area (Å²) in [6, 6.07) is 3.03. The first-order chi connectivity index (χ1) is 10.0. The van der Waals surface area contributed by atoms with Gasteiger partial charge in [-0.3, -0.25) is 0 Å². The van der Waals surface area contributed by atoms with E-state index in [9.17, 15) is 9.59 Å². The van der Waals surface area contributed by atoms with Gasteiger partial charge in [0, 0.05) is 25.3 Å². The molecular weight excluding hydrogens is 272 g/mol. The van der Waals surface area contributed by atoms with Crippen molar-refractivity contribution < 1.29 is 14.7 Å². The van der Waals surface area contributed by atoms with Gasteiger partial charge in [-0.05, 0) is 38.1 Å². The molecule has 7 heteroatoms. The number of piperidine rings is 1. The van der Waals surface area contributed by atoms with E-state index in [2.05, 4.69) is 20.5 Å². The van der Waals surface area contributed by atoms with Gasteiger partial charge in [0.25, 0.3) is 0 Å². The standard InChI is InChI=1S/C14H20N4O3/c1-18-6-2-3-11(9-18)17-14(21)16-8-10-4-5-12(13(19)20)15-7-10/h4-5,7,11H,2-3,6,8-9H2,1H3,(H,19,20)(H2,16,17,21). The van der Waals surface area contributed by atoms with Crippen molar-refractivity contribution >= 4 is 12.0 Å². The van der Waals surface area contributed by atoms with Crippen molar-refractivity contribution in [2.45, 2.75) is 25.4 Å². The fourth-order valence-corrected chi connectivity index (χ4v) is 2.36. The normalized spacial score (nSPS) is 19.0. The van der Waals surface area contributed by atoms with Crippen molar-refractivity contribution in [3.8, 4) is 0 Å². The molecule has 0 saturated carbocycles. The Bertz CT molecular complexity index is 503. The molecule has 0 aromatic carbocycles. The fraction of sp³-hybridized carbons (Fsp3) is 0.500. The molecule has 1 aliphatic heterocycles. The van der Waals surface area contributed by atoms with Crippen LogP contribution < -0.4 is 10.6 Å². The molecule has 1 saturated heterocycles. The molecule has 2 heterocycles. The molecule has 1 aromatic rings. The summed E-state index contributed by atoms with van der Waals surface area (Å²) >= 11 is 0. The monoisotopic (exact) mass is 292 g/mol. The number of nitrogens with zero attached hydrogens (tertiary/aromatic N) is 2. The van der Waals surface area contributed by atoms with Gasteiger partial charge in [0.05, 0.1) is 0 Å². The maximum Gasteiger partial charge on any atom is 0.354 e. The van der Waals surface area contributed by atoms with Crippen molar-refractivity contribution in [1.29, 1.82) is 0 Å². The number of carbonyl (C=O) groups excluding carboxylic acids is 1. The van der Waals surface area contributed by atoms with E-state index in [1.807, 2.05) is 7.05 Å². The van der Waals surface area contributed by atoms with Gasteiger partial charge in [-0.1, -0.05) is 6.07 Å². The smallest absolute Gasteiger partial charge is 0.354 e. The Morgan fingerprint density at radius 1 is 1.48 bits per heavy atom. The Morgan fingerprint density at radius 3 is 2.90 bits per heavy atom. The SMILES string of the molecule is CN1CCCC(NC(=O)NCc2ccc(C(=O)O)nc2)C1. The summed E-state index contributed by atoms with van der Waals surface area (Å²) in [5.74, 6) is -1.06.